The number of carbonyl (C=O) groups is 1. The number of hydrogen-bond donors (Lipinski definition) is 2. The molecule has 1 amide bonds. The molecule has 0 bridgehead atoms. The fourth-order valence-corrected chi connectivity index (χ4v) is 4.17. The molecule has 3 N–H and O–H groups in total. The fourth-order valence-electron chi connectivity index (χ4n) is 3.14. The summed E-state index contributed by atoms with van der Waals surface area (Å²) in [5.41, 5.74) is 10.6. The maximum Gasteiger partial charge on any atom is 0.252 e. The Bertz CT molecular complexity index is 745. The summed E-state index contributed by atoms with van der Waals surface area (Å²) in [6.07, 6.45) is 14.5. The van der Waals surface area contributed by atoms with E-state index in [-0.39, 0.29) is 5.91 Å². The number of amides is 1. The van der Waals surface area contributed by atoms with Crippen molar-refractivity contribution in [1.29, 1.82) is 0 Å². The molecular formula is C27H42N2OS. The first-order valence-electron chi connectivity index (χ1n) is 11.6. The lowest BCUT2D eigenvalue weighted by molar-refractivity contribution is 0.0950. The van der Waals surface area contributed by atoms with Crippen LogP contribution in [0.25, 0.3) is 0 Å². The number of nitrogens with two attached hydrogens (primary N) is 1. The van der Waals surface area contributed by atoms with E-state index in [0.29, 0.717) is 13.1 Å². The number of thioether (sulfide) groups is 1. The molecule has 0 aliphatic rings. The van der Waals surface area contributed by atoms with Gasteiger partial charge in [-0.25, -0.2) is 0 Å². The van der Waals surface area contributed by atoms with E-state index in [4.69, 9.17) is 5.73 Å². The average molecular weight is 443 g/mol. The molecule has 0 heterocycles. The molecule has 172 valence electrons. The zero-order chi connectivity index (χ0) is 22.9. The molecule has 0 saturated heterocycles. The SMILES string of the molecule is CC(C)=CCC/C(C)=C/CC/C(C)=C/CSc1ccccc1C(=O)NCCCCCN. The van der Waals surface area contributed by atoms with E-state index in [0.717, 1.165) is 61.2 Å². The maximum atomic E-state index is 12.5. The second kappa shape index (κ2) is 16.9. The molecule has 1 aromatic carbocycles. The third kappa shape index (κ3) is 13.3. The highest BCUT2D eigenvalue weighted by molar-refractivity contribution is 7.99. The molecule has 0 aliphatic heterocycles. The van der Waals surface area contributed by atoms with Crippen LogP contribution >= 0.6 is 11.8 Å². The fraction of sp³-hybridized carbons (Fsp3) is 0.519. The number of allylic oxidation sites excluding steroid dienone is 5. The predicted octanol–water partition coefficient (Wildman–Crippen LogP) is 7.06. The number of rotatable bonds is 15. The van der Waals surface area contributed by atoms with Gasteiger partial charge in [-0.2, -0.15) is 0 Å². The van der Waals surface area contributed by atoms with E-state index >= 15 is 0 Å². The van der Waals surface area contributed by atoms with Gasteiger partial charge in [-0.1, -0.05) is 53.5 Å². The van der Waals surface area contributed by atoms with Crippen LogP contribution in [0.2, 0.25) is 0 Å². The van der Waals surface area contributed by atoms with Gasteiger partial charge in [0.25, 0.3) is 5.91 Å². The van der Waals surface area contributed by atoms with Crippen molar-refractivity contribution in [2.24, 2.45) is 5.73 Å². The van der Waals surface area contributed by atoms with Crippen molar-refractivity contribution in [3.05, 3.63) is 64.8 Å². The van der Waals surface area contributed by atoms with Crippen molar-refractivity contribution >= 4 is 17.7 Å². The summed E-state index contributed by atoms with van der Waals surface area (Å²) >= 11 is 1.73. The molecule has 0 fully saturated rings. The van der Waals surface area contributed by atoms with Crippen LogP contribution < -0.4 is 11.1 Å². The van der Waals surface area contributed by atoms with Crippen molar-refractivity contribution < 1.29 is 4.79 Å². The van der Waals surface area contributed by atoms with E-state index in [1.807, 2.05) is 24.3 Å². The zero-order valence-electron chi connectivity index (χ0n) is 20.0. The molecular weight excluding hydrogens is 400 g/mol. The molecule has 0 aliphatic carbocycles. The molecule has 0 atom stereocenters. The first kappa shape index (κ1) is 27.3. The van der Waals surface area contributed by atoms with Crippen molar-refractivity contribution in [3.63, 3.8) is 0 Å². The highest BCUT2D eigenvalue weighted by Gasteiger charge is 2.10. The molecule has 0 radical (unpaired) electrons. The van der Waals surface area contributed by atoms with Crippen LogP contribution in [0.1, 0.15) is 83.0 Å². The van der Waals surface area contributed by atoms with Crippen LogP contribution in [0.3, 0.4) is 0 Å². The second-order valence-corrected chi connectivity index (χ2v) is 9.43. The molecule has 31 heavy (non-hydrogen) atoms. The number of carbonyl (C=O) groups excluding carboxylic acids is 1. The third-order valence-electron chi connectivity index (χ3n) is 5.09. The molecule has 4 heteroatoms. The summed E-state index contributed by atoms with van der Waals surface area (Å²) in [6, 6.07) is 7.88. The Kier molecular flexibility index (Phi) is 14.8. The van der Waals surface area contributed by atoms with Crippen LogP contribution in [-0.2, 0) is 0 Å². The van der Waals surface area contributed by atoms with E-state index in [1.54, 1.807) is 11.8 Å². The van der Waals surface area contributed by atoms with Gasteiger partial charge >= 0.3 is 0 Å². The van der Waals surface area contributed by atoms with Crippen LogP contribution in [0.4, 0.5) is 0 Å². The summed E-state index contributed by atoms with van der Waals surface area (Å²) < 4.78 is 0. The highest BCUT2D eigenvalue weighted by Crippen LogP contribution is 2.23. The van der Waals surface area contributed by atoms with Crippen LogP contribution in [-0.4, -0.2) is 24.7 Å². The predicted molar refractivity (Wildman–Crippen MR) is 138 cm³/mol. The van der Waals surface area contributed by atoms with Crippen LogP contribution in [0.15, 0.2) is 64.1 Å². The van der Waals surface area contributed by atoms with Crippen molar-refractivity contribution in [3.8, 4) is 0 Å². The maximum absolute atomic E-state index is 12.5. The lowest BCUT2D eigenvalue weighted by Crippen LogP contribution is -2.25. The summed E-state index contributed by atoms with van der Waals surface area (Å²) in [6.45, 7) is 10.2. The Balaban J connectivity index is 2.44. The number of hydrogen-bond acceptors (Lipinski definition) is 3. The summed E-state index contributed by atoms with van der Waals surface area (Å²) in [4.78, 5) is 13.6. The lowest BCUT2D eigenvalue weighted by Gasteiger charge is -2.09. The molecule has 1 aromatic rings. The van der Waals surface area contributed by atoms with Gasteiger partial charge in [0, 0.05) is 17.2 Å². The number of unbranched alkanes of at least 4 members (excludes halogenated alkanes) is 2. The largest absolute Gasteiger partial charge is 0.352 e. The van der Waals surface area contributed by atoms with Crippen LogP contribution in [0.5, 0.6) is 0 Å². The third-order valence-corrected chi connectivity index (χ3v) is 6.09. The minimum atomic E-state index is 0.0188. The number of benzene rings is 1. The Morgan fingerprint density at radius 2 is 1.61 bits per heavy atom. The Hall–Kier alpha value is -1.78. The monoisotopic (exact) mass is 442 g/mol. The topological polar surface area (TPSA) is 55.1 Å². The van der Waals surface area contributed by atoms with Gasteiger partial charge < -0.3 is 11.1 Å². The van der Waals surface area contributed by atoms with E-state index in [1.165, 1.54) is 16.7 Å². The Morgan fingerprint density at radius 1 is 0.935 bits per heavy atom. The summed E-state index contributed by atoms with van der Waals surface area (Å²) in [5, 5.41) is 3.04. The van der Waals surface area contributed by atoms with Gasteiger partial charge in [-0.3, -0.25) is 4.79 Å². The molecule has 3 nitrogen and oxygen atoms in total. The minimum absolute atomic E-state index is 0.0188. The van der Waals surface area contributed by atoms with E-state index < -0.39 is 0 Å². The second-order valence-electron chi connectivity index (χ2n) is 8.37. The van der Waals surface area contributed by atoms with Gasteiger partial charge in [0.15, 0.2) is 0 Å². The zero-order valence-corrected chi connectivity index (χ0v) is 20.8. The molecule has 0 unspecified atom stereocenters. The van der Waals surface area contributed by atoms with E-state index in [9.17, 15) is 4.79 Å². The molecule has 1 rings (SSSR count). The highest BCUT2D eigenvalue weighted by atomic mass is 32.2. The van der Waals surface area contributed by atoms with Gasteiger partial charge in [0.05, 0.1) is 5.56 Å². The minimum Gasteiger partial charge on any atom is -0.352 e. The van der Waals surface area contributed by atoms with Crippen molar-refractivity contribution in [2.75, 3.05) is 18.8 Å². The first-order chi connectivity index (χ1) is 14.9. The number of nitrogens with one attached hydrogen (secondary N) is 1. The van der Waals surface area contributed by atoms with E-state index in [2.05, 4.69) is 51.2 Å². The van der Waals surface area contributed by atoms with Gasteiger partial charge in [0.1, 0.15) is 0 Å². The summed E-state index contributed by atoms with van der Waals surface area (Å²) in [7, 11) is 0. The Labute approximate surface area is 194 Å². The first-order valence-corrected chi connectivity index (χ1v) is 12.6. The lowest BCUT2D eigenvalue weighted by atomic mass is 10.1. The van der Waals surface area contributed by atoms with Gasteiger partial charge in [0.2, 0.25) is 0 Å². The normalized spacial score (nSPS) is 12.0. The average Bonchev–Trinajstić information content (AvgIpc) is 2.73. The van der Waals surface area contributed by atoms with Crippen molar-refractivity contribution in [1.82, 2.24) is 5.32 Å². The quantitative estimate of drug-likeness (QED) is 0.174. The van der Waals surface area contributed by atoms with Crippen molar-refractivity contribution in [2.45, 2.75) is 77.5 Å². The molecule has 0 saturated carbocycles. The Morgan fingerprint density at radius 3 is 2.32 bits per heavy atom. The molecule has 0 spiro atoms. The van der Waals surface area contributed by atoms with Gasteiger partial charge in [-0.05, 0) is 84.9 Å². The summed E-state index contributed by atoms with van der Waals surface area (Å²) in [5.74, 6) is 0.904. The smallest absolute Gasteiger partial charge is 0.252 e. The van der Waals surface area contributed by atoms with Crippen LogP contribution in [0, 0.1) is 0 Å². The standard InChI is InChI=1S/C27H42N2OS/c1-22(2)12-10-13-23(3)14-11-15-24(4)18-21-31-26-17-7-6-16-25(26)27(30)29-20-9-5-8-19-28/h6-7,12,14,16-18H,5,8-11,13,15,19-21,28H2,1-4H3,(H,29,30)/b23-14+,24-18+. The van der Waals surface area contributed by atoms with Gasteiger partial charge in [-0.15, -0.1) is 11.8 Å². The molecule has 0 aromatic heterocycles.